The molecule has 142 valence electrons. The molecule has 0 unspecified atom stereocenters. The summed E-state index contributed by atoms with van der Waals surface area (Å²) in [5, 5.41) is 0. The maximum absolute atomic E-state index is 13.4. The summed E-state index contributed by atoms with van der Waals surface area (Å²) in [4.78, 5) is 0.330. The van der Waals surface area contributed by atoms with Crippen LogP contribution in [-0.2, 0) is 10.0 Å². The molecule has 2 atom stereocenters. The van der Waals surface area contributed by atoms with Crippen molar-refractivity contribution in [3.05, 3.63) is 23.3 Å². The molecule has 4 nitrogen and oxygen atoms in total. The number of hydrogen-bond acceptors (Lipinski definition) is 3. The van der Waals surface area contributed by atoms with E-state index in [1.807, 2.05) is 26.0 Å². The Bertz CT molecular complexity index is 687. The minimum absolute atomic E-state index is 0.272. The second-order valence-electron chi connectivity index (χ2n) is 7.93. The van der Waals surface area contributed by atoms with Crippen LogP contribution in [0.25, 0.3) is 0 Å². The average Bonchev–Trinajstić information content (AvgIpc) is 2.51. The minimum atomic E-state index is -3.55. The van der Waals surface area contributed by atoms with Gasteiger partial charge in [0.05, 0.1) is 6.61 Å². The van der Waals surface area contributed by atoms with E-state index in [0.717, 1.165) is 24.0 Å². The summed E-state index contributed by atoms with van der Waals surface area (Å²) in [5.74, 6) is 1.53. The summed E-state index contributed by atoms with van der Waals surface area (Å²) in [7, 11) is -3.55. The summed E-state index contributed by atoms with van der Waals surface area (Å²) in [6, 6.07) is 3.74. The van der Waals surface area contributed by atoms with Gasteiger partial charge in [-0.05, 0) is 60.8 Å². The Morgan fingerprint density at radius 1 is 1.20 bits per heavy atom. The fraction of sp³-hybridized carbons (Fsp3) is 0.700. The number of hydrogen-bond donors (Lipinski definition) is 0. The molecule has 0 spiro atoms. The van der Waals surface area contributed by atoms with Crippen molar-refractivity contribution in [2.24, 2.45) is 11.8 Å². The summed E-state index contributed by atoms with van der Waals surface area (Å²) in [6.07, 6.45) is 1.93. The molecule has 1 aliphatic heterocycles. The van der Waals surface area contributed by atoms with Gasteiger partial charge in [0.2, 0.25) is 10.0 Å². The van der Waals surface area contributed by atoms with E-state index >= 15 is 0 Å². The third-order valence-electron chi connectivity index (χ3n) is 4.87. The van der Waals surface area contributed by atoms with Gasteiger partial charge in [-0.3, -0.25) is 0 Å². The number of piperidine rings is 1. The van der Waals surface area contributed by atoms with Gasteiger partial charge < -0.3 is 4.74 Å². The van der Waals surface area contributed by atoms with Crippen LogP contribution in [0, 0.1) is 18.8 Å². The van der Waals surface area contributed by atoms with Crippen LogP contribution in [-0.4, -0.2) is 32.4 Å². The summed E-state index contributed by atoms with van der Waals surface area (Å²) < 4.78 is 34.3. The van der Waals surface area contributed by atoms with E-state index in [1.165, 1.54) is 0 Å². The first kappa shape index (κ1) is 20.2. The summed E-state index contributed by atoms with van der Waals surface area (Å²) in [6.45, 7) is 14.2. The van der Waals surface area contributed by atoms with Gasteiger partial charge in [-0.2, -0.15) is 4.31 Å². The maximum atomic E-state index is 13.4. The topological polar surface area (TPSA) is 46.6 Å². The molecule has 1 aromatic rings. The highest BCUT2D eigenvalue weighted by atomic mass is 32.2. The van der Waals surface area contributed by atoms with E-state index in [0.29, 0.717) is 42.2 Å². The molecule has 1 aromatic carbocycles. The van der Waals surface area contributed by atoms with Crippen LogP contribution >= 0.6 is 0 Å². The van der Waals surface area contributed by atoms with Crippen molar-refractivity contribution in [2.45, 2.75) is 65.2 Å². The zero-order valence-corrected chi connectivity index (χ0v) is 17.3. The first-order chi connectivity index (χ1) is 11.7. The zero-order chi connectivity index (χ0) is 18.8. The molecule has 0 aliphatic carbocycles. The van der Waals surface area contributed by atoms with E-state index in [4.69, 9.17) is 4.74 Å². The zero-order valence-electron chi connectivity index (χ0n) is 16.5. The quantitative estimate of drug-likeness (QED) is 0.740. The summed E-state index contributed by atoms with van der Waals surface area (Å²) in [5.41, 5.74) is 2.15. The smallest absolute Gasteiger partial charge is 0.246 e. The van der Waals surface area contributed by atoms with Gasteiger partial charge in [-0.1, -0.05) is 34.6 Å². The van der Waals surface area contributed by atoms with E-state index in [9.17, 15) is 8.42 Å². The standard InChI is InChI=1S/C20H33NO3S/c1-7-8-24-19-10-17(6)18(14(2)3)11-20(19)25(22,23)21-12-15(4)9-16(5)13-21/h10-11,14-16H,7-9,12-13H2,1-6H3/t15-,16-/m0/s1. The van der Waals surface area contributed by atoms with Crippen LogP contribution < -0.4 is 4.74 Å². The lowest BCUT2D eigenvalue weighted by molar-refractivity contribution is 0.221. The molecule has 1 saturated heterocycles. The molecular weight excluding hydrogens is 334 g/mol. The van der Waals surface area contributed by atoms with Crippen LogP contribution in [0.5, 0.6) is 5.75 Å². The molecule has 1 aliphatic rings. The molecule has 1 fully saturated rings. The fourth-order valence-corrected chi connectivity index (χ4v) is 5.59. The highest BCUT2D eigenvalue weighted by Gasteiger charge is 2.34. The van der Waals surface area contributed by atoms with Crippen molar-refractivity contribution in [3.63, 3.8) is 0 Å². The van der Waals surface area contributed by atoms with Gasteiger partial charge in [-0.15, -0.1) is 0 Å². The molecule has 2 rings (SSSR count). The predicted octanol–water partition coefficient (Wildman–Crippen LogP) is 4.57. The molecule has 0 saturated carbocycles. The van der Waals surface area contributed by atoms with E-state index < -0.39 is 10.0 Å². The molecule has 0 N–H and O–H groups in total. The average molecular weight is 368 g/mol. The highest BCUT2D eigenvalue weighted by molar-refractivity contribution is 7.89. The van der Waals surface area contributed by atoms with E-state index in [1.54, 1.807) is 4.31 Å². The Morgan fingerprint density at radius 3 is 2.32 bits per heavy atom. The highest BCUT2D eigenvalue weighted by Crippen LogP contribution is 2.35. The first-order valence-corrected chi connectivity index (χ1v) is 10.9. The SMILES string of the molecule is CCCOc1cc(C)c(C(C)C)cc1S(=O)(=O)N1C[C@@H](C)C[C@H](C)C1. The second kappa shape index (κ2) is 8.09. The lowest BCUT2D eigenvalue weighted by Gasteiger charge is -2.34. The van der Waals surface area contributed by atoms with Gasteiger partial charge in [0.25, 0.3) is 0 Å². The Morgan fingerprint density at radius 2 is 1.80 bits per heavy atom. The van der Waals surface area contributed by atoms with Crippen LogP contribution in [0.3, 0.4) is 0 Å². The summed E-state index contributed by atoms with van der Waals surface area (Å²) >= 11 is 0. The van der Waals surface area contributed by atoms with Gasteiger partial charge in [0.1, 0.15) is 10.6 Å². The van der Waals surface area contributed by atoms with E-state index in [2.05, 4.69) is 27.7 Å². The Labute approximate surface area is 153 Å². The molecule has 5 heteroatoms. The van der Waals surface area contributed by atoms with Crippen LogP contribution in [0.2, 0.25) is 0 Å². The normalized spacial score (nSPS) is 22.4. The molecule has 0 aromatic heterocycles. The number of aryl methyl sites for hydroxylation is 1. The second-order valence-corrected chi connectivity index (χ2v) is 9.83. The van der Waals surface area contributed by atoms with E-state index in [-0.39, 0.29) is 5.92 Å². The van der Waals surface area contributed by atoms with Crippen LogP contribution in [0.1, 0.15) is 64.5 Å². The van der Waals surface area contributed by atoms with Crippen LogP contribution in [0.4, 0.5) is 0 Å². The van der Waals surface area contributed by atoms with Gasteiger partial charge in [-0.25, -0.2) is 8.42 Å². The Kier molecular flexibility index (Phi) is 6.55. The van der Waals surface area contributed by atoms with Gasteiger partial charge in [0, 0.05) is 13.1 Å². The number of sulfonamides is 1. The molecule has 0 bridgehead atoms. The number of rotatable bonds is 6. The van der Waals surface area contributed by atoms with Crippen molar-refractivity contribution < 1.29 is 13.2 Å². The predicted molar refractivity (Wildman–Crippen MR) is 103 cm³/mol. The minimum Gasteiger partial charge on any atom is -0.492 e. The number of nitrogens with zero attached hydrogens (tertiary/aromatic N) is 1. The number of benzene rings is 1. The maximum Gasteiger partial charge on any atom is 0.246 e. The lowest BCUT2D eigenvalue weighted by atomic mass is 9.94. The monoisotopic (exact) mass is 367 g/mol. The van der Waals surface area contributed by atoms with Crippen molar-refractivity contribution in [1.29, 1.82) is 0 Å². The molecule has 0 amide bonds. The lowest BCUT2D eigenvalue weighted by Crippen LogP contribution is -2.42. The van der Waals surface area contributed by atoms with Gasteiger partial charge >= 0.3 is 0 Å². The first-order valence-electron chi connectivity index (χ1n) is 9.44. The van der Waals surface area contributed by atoms with Crippen LogP contribution in [0.15, 0.2) is 17.0 Å². The largest absolute Gasteiger partial charge is 0.492 e. The van der Waals surface area contributed by atoms with Crippen molar-refractivity contribution in [3.8, 4) is 5.75 Å². The van der Waals surface area contributed by atoms with Crippen molar-refractivity contribution in [1.82, 2.24) is 4.31 Å². The third-order valence-corrected chi connectivity index (χ3v) is 6.72. The molecule has 25 heavy (non-hydrogen) atoms. The van der Waals surface area contributed by atoms with Crippen molar-refractivity contribution in [2.75, 3.05) is 19.7 Å². The molecule has 1 heterocycles. The van der Waals surface area contributed by atoms with Crippen molar-refractivity contribution >= 4 is 10.0 Å². The fourth-order valence-electron chi connectivity index (χ4n) is 3.77. The van der Waals surface area contributed by atoms with Gasteiger partial charge in [0.15, 0.2) is 0 Å². The Hall–Kier alpha value is -1.07. The molecule has 0 radical (unpaired) electrons. The number of ether oxygens (including phenoxy) is 1. The Balaban J connectivity index is 2.51. The third kappa shape index (κ3) is 4.56. The molecular formula is C20H33NO3S.